The van der Waals surface area contributed by atoms with Crippen molar-refractivity contribution < 1.29 is 14.3 Å². The molecule has 0 fully saturated rings. The van der Waals surface area contributed by atoms with E-state index < -0.39 is 6.10 Å². The van der Waals surface area contributed by atoms with Crippen LogP contribution in [-0.2, 0) is 9.59 Å². The van der Waals surface area contributed by atoms with E-state index in [-0.39, 0.29) is 24.4 Å². The minimum atomic E-state index is -0.619. The molecule has 7 heteroatoms. The molecule has 26 heavy (non-hydrogen) atoms. The highest BCUT2D eigenvalue weighted by atomic mass is 32.1. The number of aromatic nitrogens is 1. The minimum Gasteiger partial charge on any atom is -0.479 e. The first-order valence-corrected chi connectivity index (χ1v) is 9.61. The second kappa shape index (κ2) is 7.45. The summed E-state index contributed by atoms with van der Waals surface area (Å²) in [4.78, 5) is 31.0. The number of thiazole rings is 1. The number of aryl methyl sites for hydroxylation is 1. The largest absolute Gasteiger partial charge is 0.479 e. The van der Waals surface area contributed by atoms with Crippen LogP contribution in [0.2, 0.25) is 0 Å². The summed E-state index contributed by atoms with van der Waals surface area (Å²) in [5, 5.41) is 5.86. The lowest BCUT2D eigenvalue weighted by molar-refractivity contribution is -0.128. The van der Waals surface area contributed by atoms with Gasteiger partial charge in [0.05, 0.1) is 16.4 Å². The van der Waals surface area contributed by atoms with Gasteiger partial charge in [0.2, 0.25) is 5.91 Å². The number of fused-ring (bicyclic) bond motifs is 1. The van der Waals surface area contributed by atoms with Gasteiger partial charge in [-0.05, 0) is 45.4 Å². The van der Waals surface area contributed by atoms with Crippen molar-refractivity contribution in [2.24, 2.45) is 0 Å². The molecule has 1 aromatic heterocycles. The lowest BCUT2D eigenvalue weighted by Gasteiger charge is -2.33. The molecule has 1 aromatic carbocycles. The Bertz CT molecular complexity index is 833. The Balaban J connectivity index is 1.92. The Hall–Kier alpha value is -2.41. The van der Waals surface area contributed by atoms with Crippen molar-refractivity contribution >= 4 is 28.8 Å². The average molecular weight is 373 g/mol. The number of anilines is 1. The van der Waals surface area contributed by atoms with Crippen LogP contribution in [0.15, 0.2) is 23.6 Å². The number of nitrogens with zero attached hydrogens (tertiary/aromatic N) is 2. The number of hydrogen-bond acceptors (Lipinski definition) is 5. The van der Waals surface area contributed by atoms with Crippen LogP contribution in [-0.4, -0.2) is 35.5 Å². The van der Waals surface area contributed by atoms with Crippen molar-refractivity contribution in [3.8, 4) is 17.0 Å². The van der Waals surface area contributed by atoms with Crippen molar-refractivity contribution in [1.29, 1.82) is 0 Å². The van der Waals surface area contributed by atoms with Gasteiger partial charge in [-0.3, -0.25) is 14.5 Å². The lowest BCUT2D eigenvalue weighted by Crippen LogP contribution is -2.49. The van der Waals surface area contributed by atoms with E-state index in [1.807, 2.05) is 44.4 Å². The molecule has 0 radical (unpaired) electrons. The van der Waals surface area contributed by atoms with Crippen LogP contribution in [0, 0.1) is 6.92 Å². The van der Waals surface area contributed by atoms with Crippen LogP contribution in [0.5, 0.6) is 5.75 Å². The van der Waals surface area contributed by atoms with Gasteiger partial charge in [0, 0.05) is 17.0 Å². The van der Waals surface area contributed by atoms with E-state index in [0.29, 0.717) is 11.4 Å². The summed E-state index contributed by atoms with van der Waals surface area (Å²) in [6.45, 7) is 7.57. The minimum absolute atomic E-state index is 0.0244. The maximum absolute atomic E-state index is 12.6. The average Bonchev–Trinajstić information content (AvgIpc) is 3.05. The van der Waals surface area contributed by atoms with Gasteiger partial charge in [0.25, 0.3) is 5.91 Å². The Labute approximate surface area is 157 Å². The summed E-state index contributed by atoms with van der Waals surface area (Å²) in [6, 6.07) is 5.69. The van der Waals surface area contributed by atoms with Crippen LogP contribution in [0.4, 0.5) is 5.69 Å². The number of carbonyl (C=O) groups excluding carboxylic acids is 2. The predicted molar refractivity (Wildman–Crippen MR) is 103 cm³/mol. The van der Waals surface area contributed by atoms with Crippen LogP contribution < -0.4 is 15.0 Å². The Morgan fingerprint density at radius 1 is 1.46 bits per heavy atom. The first-order chi connectivity index (χ1) is 12.4. The third-order valence-corrected chi connectivity index (χ3v) is 5.18. The quantitative estimate of drug-likeness (QED) is 0.874. The highest BCUT2D eigenvalue weighted by Crippen LogP contribution is 2.37. The molecule has 2 heterocycles. The highest BCUT2D eigenvalue weighted by Gasteiger charge is 2.33. The molecule has 0 bridgehead atoms. The molecule has 2 unspecified atom stereocenters. The van der Waals surface area contributed by atoms with Gasteiger partial charge in [0.15, 0.2) is 6.10 Å². The molecule has 1 aliphatic rings. The van der Waals surface area contributed by atoms with E-state index in [1.165, 1.54) is 4.90 Å². The molecule has 2 atom stereocenters. The number of hydrogen-bond donors (Lipinski definition) is 1. The smallest absolute Gasteiger partial charge is 0.268 e. The molecule has 0 spiro atoms. The molecule has 0 saturated heterocycles. The summed E-state index contributed by atoms with van der Waals surface area (Å²) < 4.78 is 5.71. The van der Waals surface area contributed by atoms with Crippen LogP contribution in [0.3, 0.4) is 0 Å². The van der Waals surface area contributed by atoms with Crippen LogP contribution in [0.1, 0.15) is 32.2 Å². The molecule has 2 amide bonds. The second-order valence-electron chi connectivity index (χ2n) is 6.50. The van der Waals surface area contributed by atoms with Gasteiger partial charge in [-0.2, -0.15) is 0 Å². The maximum atomic E-state index is 12.6. The maximum Gasteiger partial charge on any atom is 0.268 e. The Kier molecular flexibility index (Phi) is 5.27. The van der Waals surface area contributed by atoms with E-state index >= 15 is 0 Å². The number of nitrogens with one attached hydrogen (secondary N) is 1. The van der Waals surface area contributed by atoms with E-state index in [9.17, 15) is 9.59 Å². The van der Waals surface area contributed by atoms with Crippen molar-refractivity contribution in [2.45, 2.75) is 46.3 Å². The second-order valence-corrected chi connectivity index (χ2v) is 7.56. The van der Waals surface area contributed by atoms with Crippen molar-refractivity contribution in [2.75, 3.05) is 11.4 Å². The predicted octanol–water partition coefficient (Wildman–Crippen LogP) is 3.15. The van der Waals surface area contributed by atoms with Crippen molar-refractivity contribution in [3.05, 3.63) is 28.6 Å². The number of benzene rings is 1. The number of carbonyl (C=O) groups is 2. The van der Waals surface area contributed by atoms with E-state index in [2.05, 4.69) is 10.3 Å². The standard InChI is InChI=1S/C19H23N3O3S/c1-5-11(2)20-18(23)9-22-16-8-14(15-10-26-13(4)21-15)6-7-17(16)25-12(3)19(22)24/h6-8,10-12H,5,9H2,1-4H3,(H,20,23). The van der Waals surface area contributed by atoms with Crippen LogP contribution in [0.25, 0.3) is 11.3 Å². The van der Waals surface area contributed by atoms with Gasteiger partial charge >= 0.3 is 0 Å². The number of rotatable bonds is 5. The third-order valence-electron chi connectivity index (χ3n) is 4.40. The lowest BCUT2D eigenvalue weighted by atomic mass is 10.1. The molecule has 0 saturated carbocycles. The Morgan fingerprint density at radius 3 is 2.88 bits per heavy atom. The summed E-state index contributed by atoms with van der Waals surface area (Å²) in [6.07, 6.45) is 0.217. The summed E-state index contributed by atoms with van der Waals surface area (Å²) in [5.74, 6) is 0.204. The van der Waals surface area contributed by atoms with Gasteiger partial charge in [-0.1, -0.05) is 6.92 Å². The molecule has 6 nitrogen and oxygen atoms in total. The zero-order valence-corrected chi connectivity index (χ0v) is 16.2. The van der Waals surface area contributed by atoms with E-state index in [1.54, 1.807) is 18.3 Å². The zero-order valence-electron chi connectivity index (χ0n) is 15.4. The molecule has 1 N–H and O–H groups in total. The molecule has 3 rings (SSSR count). The molecule has 1 aliphatic heterocycles. The molecule has 2 aromatic rings. The fourth-order valence-electron chi connectivity index (χ4n) is 2.79. The first-order valence-electron chi connectivity index (χ1n) is 8.73. The summed E-state index contributed by atoms with van der Waals surface area (Å²) >= 11 is 1.57. The summed E-state index contributed by atoms with van der Waals surface area (Å²) in [5.41, 5.74) is 2.35. The molecule has 0 aliphatic carbocycles. The Morgan fingerprint density at radius 2 is 2.23 bits per heavy atom. The van der Waals surface area contributed by atoms with Gasteiger partial charge < -0.3 is 10.1 Å². The number of amides is 2. The fraction of sp³-hybridized carbons (Fsp3) is 0.421. The first kappa shape index (κ1) is 18.4. The fourth-order valence-corrected chi connectivity index (χ4v) is 3.41. The molecular formula is C19H23N3O3S. The van der Waals surface area contributed by atoms with Gasteiger partial charge in [0.1, 0.15) is 12.3 Å². The van der Waals surface area contributed by atoms with Crippen molar-refractivity contribution in [1.82, 2.24) is 10.3 Å². The summed E-state index contributed by atoms with van der Waals surface area (Å²) in [7, 11) is 0. The number of ether oxygens (including phenoxy) is 1. The SMILES string of the molecule is CCC(C)NC(=O)CN1C(=O)C(C)Oc2ccc(-c3csc(C)n3)cc21. The van der Waals surface area contributed by atoms with Gasteiger partial charge in [-0.25, -0.2) is 4.98 Å². The topological polar surface area (TPSA) is 71.5 Å². The third kappa shape index (κ3) is 3.72. The molecular weight excluding hydrogens is 350 g/mol. The van der Waals surface area contributed by atoms with E-state index in [4.69, 9.17) is 4.74 Å². The van der Waals surface area contributed by atoms with Crippen molar-refractivity contribution in [3.63, 3.8) is 0 Å². The normalized spacial score (nSPS) is 17.5. The van der Waals surface area contributed by atoms with E-state index in [0.717, 1.165) is 22.7 Å². The van der Waals surface area contributed by atoms with Gasteiger partial charge in [-0.15, -0.1) is 11.3 Å². The monoisotopic (exact) mass is 373 g/mol. The highest BCUT2D eigenvalue weighted by molar-refractivity contribution is 7.09. The van der Waals surface area contributed by atoms with Crippen LogP contribution >= 0.6 is 11.3 Å². The molecule has 138 valence electrons. The zero-order chi connectivity index (χ0) is 18.8.